The molecular weight excluding hydrogens is 300 g/mol. The van der Waals surface area contributed by atoms with Gasteiger partial charge in [-0.1, -0.05) is 19.1 Å². The summed E-state index contributed by atoms with van der Waals surface area (Å²) < 4.78 is 5.31. The lowest BCUT2D eigenvalue weighted by Gasteiger charge is -2.07. The number of carbonyl (C=O) groups is 1. The van der Waals surface area contributed by atoms with Crippen LogP contribution in [0.4, 0.5) is 0 Å². The zero-order valence-electron chi connectivity index (χ0n) is 12.7. The molecule has 0 spiro atoms. The number of thiazole rings is 1. The Bertz CT molecular complexity index is 627. The number of amides is 1. The highest BCUT2D eigenvalue weighted by molar-refractivity contribution is 7.13. The molecule has 22 heavy (non-hydrogen) atoms. The maximum Gasteiger partial charge on any atom is 0.270 e. The van der Waals surface area contributed by atoms with Gasteiger partial charge in [-0.25, -0.2) is 4.98 Å². The molecular formula is C16H20N2O3S. The molecule has 2 aromatic rings. The number of methoxy groups -OCH3 is 1. The minimum atomic E-state index is -0.375. The van der Waals surface area contributed by atoms with Gasteiger partial charge < -0.3 is 15.2 Å². The summed E-state index contributed by atoms with van der Waals surface area (Å²) in [5, 5.41) is 14.7. The smallest absolute Gasteiger partial charge is 0.270 e. The number of rotatable bonds is 7. The first kappa shape index (κ1) is 16.5. The van der Waals surface area contributed by atoms with Gasteiger partial charge >= 0.3 is 0 Å². The highest BCUT2D eigenvalue weighted by Gasteiger charge is 2.14. The van der Waals surface area contributed by atoms with Crippen LogP contribution in [0.2, 0.25) is 0 Å². The number of nitrogens with zero attached hydrogens (tertiary/aromatic N) is 1. The minimum absolute atomic E-state index is 0.222. The Balaban J connectivity index is 2.03. The van der Waals surface area contributed by atoms with Gasteiger partial charge in [0.15, 0.2) is 0 Å². The number of hydrogen-bond acceptors (Lipinski definition) is 5. The predicted molar refractivity (Wildman–Crippen MR) is 87.4 cm³/mol. The van der Waals surface area contributed by atoms with Gasteiger partial charge in [-0.2, -0.15) is 0 Å². The molecule has 2 rings (SSSR count). The first-order valence-corrected chi connectivity index (χ1v) is 8.08. The molecule has 0 aliphatic carbocycles. The quantitative estimate of drug-likeness (QED) is 0.823. The summed E-state index contributed by atoms with van der Waals surface area (Å²) in [6.45, 7) is 2.35. The van der Waals surface area contributed by atoms with E-state index in [0.717, 1.165) is 16.3 Å². The van der Waals surface area contributed by atoms with E-state index in [1.165, 1.54) is 11.3 Å². The van der Waals surface area contributed by atoms with E-state index in [2.05, 4.69) is 10.3 Å². The molecule has 0 fully saturated rings. The Morgan fingerprint density at radius 2 is 2.23 bits per heavy atom. The van der Waals surface area contributed by atoms with Gasteiger partial charge in [0.2, 0.25) is 0 Å². The summed E-state index contributed by atoms with van der Waals surface area (Å²) >= 11 is 1.40. The van der Waals surface area contributed by atoms with Crippen molar-refractivity contribution in [3.8, 4) is 16.3 Å². The molecule has 1 heterocycles. The van der Waals surface area contributed by atoms with Crippen molar-refractivity contribution < 1.29 is 14.6 Å². The first-order valence-electron chi connectivity index (χ1n) is 7.20. The maximum absolute atomic E-state index is 12.0. The number of nitrogens with one attached hydrogen (secondary N) is 1. The molecule has 1 amide bonds. The van der Waals surface area contributed by atoms with Gasteiger partial charge in [-0.15, -0.1) is 11.3 Å². The SMILES string of the molecule is CCC(O)CCNC(=O)c1csc(-c2ccccc2OC)n1. The Hall–Kier alpha value is -1.92. The van der Waals surface area contributed by atoms with Crippen LogP contribution in [0.25, 0.3) is 10.6 Å². The van der Waals surface area contributed by atoms with Gasteiger partial charge in [0.05, 0.1) is 18.8 Å². The molecule has 5 nitrogen and oxygen atoms in total. The van der Waals surface area contributed by atoms with Crippen LogP contribution in [-0.4, -0.2) is 35.8 Å². The van der Waals surface area contributed by atoms with Crippen molar-refractivity contribution in [2.45, 2.75) is 25.9 Å². The van der Waals surface area contributed by atoms with Crippen molar-refractivity contribution in [1.29, 1.82) is 0 Å². The fraction of sp³-hybridized carbons (Fsp3) is 0.375. The Morgan fingerprint density at radius 1 is 1.45 bits per heavy atom. The van der Waals surface area contributed by atoms with Crippen LogP contribution >= 0.6 is 11.3 Å². The third kappa shape index (κ3) is 4.05. The summed E-state index contributed by atoms with van der Waals surface area (Å²) in [6.07, 6.45) is 0.857. The third-order valence-corrected chi connectivity index (χ3v) is 4.18. The molecule has 0 saturated carbocycles. The molecule has 6 heteroatoms. The van der Waals surface area contributed by atoms with Crippen LogP contribution in [0.15, 0.2) is 29.6 Å². The van der Waals surface area contributed by atoms with E-state index in [4.69, 9.17) is 4.74 Å². The van der Waals surface area contributed by atoms with E-state index in [1.54, 1.807) is 12.5 Å². The van der Waals surface area contributed by atoms with Gasteiger partial charge in [0.25, 0.3) is 5.91 Å². The van der Waals surface area contributed by atoms with E-state index >= 15 is 0 Å². The monoisotopic (exact) mass is 320 g/mol. The van der Waals surface area contributed by atoms with Crippen molar-refractivity contribution in [2.75, 3.05) is 13.7 Å². The number of benzene rings is 1. The minimum Gasteiger partial charge on any atom is -0.496 e. The van der Waals surface area contributed by atoms with E-state index in [1.807, 2.05) is 31.2 Å². The zero-order valence-corrected chi connectivity index (χ0v) is 13.5. The normalized spacial score (nSPS) is 12.0. The lowest BCUT2D eigenvalue weighted by atomic mass is 10.2. The molecule has 2 N–H and O–H groups in total. The van der Waals surface area contributed by atoms with Crippen LogP contribution in [0, 0.1) is 0 Å². The summed E-state index contributed by atoms with van der Waals surface area (Å²) in [4.78, 5) is 16.4. The number of para-hydroxylation sites is 1. The zero-order chi connectivity index (χ0) is 15.9. The second-order valence-corrected chi connectivity index (χ2v) is 5.70. The highest BCUT2D eigenvalue weighted by Crippen LogP contribution is 2.31. The summed E-state index contributed by atoms with van der Waals surface area (Å²) in [5.41, 5.74) is 1.26. The van der Waals surface area contributed by atoms with Crippen molar-refractivity contribution in [3.63, 3.8) is 0 Å². The fourth-order valence-electron chi connectivity index (χ4n) is 1.97. The van der Waals surface area contributed by atoms with E-state index in [-0.39, 0.29) is 12.0 Å². The van der Waals surface area contributed by atoms with E-state index in [0.29, 0.717) is 25.1 Å². The molecule has 118 valence electrons. The van der Waals surface area contributed by atoms with Gasteiger partial charge in [0.1, 0.15) is 16.5 Å². The van der Waals surface area contributed by atoms with Crippen molar-refractivity contribution >= 4 is 17.2 Å². The van der Waals surface area contributed by atoms with Crippen LogP contribution in [0.3, 0.4) is 0 Å². The molecule has 1 aromatic heterocycles. The van der Waals surface area contributed by atoms with Gasteiger partial charge in [-0.05, 0) is 25.0 Å². The van der Waals surface area contributed by atoms with Crippen LogP contribution < -0.4 is 10.1 Å². The maximum atomic E-state index is 12.0. The fourth-order valence-corrected chi connectivity index (χ4v) is 2.80. The number of hydrogen-bond donors (Lipinski definition) is 2. The number of carbonyl (C=O) groups excluding carboxylic acids is 1. The van der Waals surface area contributed by atoms with Gasteiger partial charge in [-0.3, -0.25) is 4.79 Å². The van der Waals surface area contributed by atoms with E-state index in [9.17, 15) is 9.90 Å². The molecule has 1 unspecified atom stereocenters. The largest absolute Gasteiger partial charge is 0.496 e. The predicted octanol–water partition coefficient (Wildman–Crippen LogP) is 2.71. The molecule has 0 saturated heterocycles. The number of aliphatic hydroxyl groups excluding tert-OH is 1. The lowest BCUT2D eigenvalue weighted by Crippen LogP contribution is -2.27. The molecule has 0 aliphatic rings. The first-order chi connectivity index (χ1) is 10.7. The molecule has 1 atom stereocenters. The topological polar surface area (TPSA) is 71.5 Å². The molecule has 0 aliphatic heterocycles. The van der Waals surface area contributed by atoms with Crippen LogP contribution in [-0.2, 0) is 0 Å². The van der Waals surface area contributed by atoms with Crippen molar-refractivity contribution in [3.05, 3.63) is 35.3 Å². The van der Waals surface area contributed by atoms with Crippen LogP contribution in [0.5, 0.6) is 5.75 Å². The second kappa shape index (κ2) is 7.91. The summed E-state index contributed by atoms with van der Waals surface area (Å²) in [6, 6.07) is 7.58. The lowest BCUT2D eigenvalue weighted by molar-refractivity contribution is 0.0938. The summed E-state index contributed by atoms with van der Waals surface area (Å²) in [7, 11) is 1.61. The van der Waals surface area contributed by atoms with E-state index < -0.39 is 0 Å². The Kier molecular flexibility index (Phi) is 5.91. The van der Waals surface area contributed by atoms with Crippen LogP contribution in [0.1, 0.15) is 30.3 Å². The van der Waals surface area contributed by atoms with Crippen molar-refractivity contribution in [2.24, 2.45) is 0 Å². The Morgan fingerprint density at radius 3 is 2.95 bits per heavy atom. The molecule has 1 aromatic carbocycles. The third-order valence-electron chi connectivity index (χ3n) is 3.31. The van der Waals surface area contributed by atoms with Crippen molar-refractivity contribution in [1.82, 2.24) is 10.3 Å². The molecule has 0 bridgehead atoms. The standard InChI is InChI=1S/C16H20N2O3S/c1-3-11(19)8-9-17-15(20)13-10-22-16(18-13)12-6-4-5-7-14(12)21-2/h4-7,10-11,19H,3,8-9H2,1-2H3,(H,17,20). The molecule has 0 radical (unpaired) electrons. The number of aliphatic hydroxyl groups is 1. The average Bonchev–Trinajstić information content (AvgIpc) is 3.04. The average molecular weight is 320 g/mol. The highest BCUT2D eigenvalue weighted by atomic mass is 32.1. The second-order valence-electron chi connectivity index (χ2n) is 4.84. The number of aromatic nitrogens is 1. The Labute approximate surface area is 134 Å². The summed E-state index contributed by atoms with van der Waals surface area (Å²) in [5.74, 6) is 0.510. The number of ether oxygens (including phenoxy) is 1. The van der Waals surface area contributed by atoms with Gasteiger partial charge in [0, 0.05) is 11.9 Å².